The van der Waals surface area contributed by atoms with Gasteiger partial charge in [0.15, 0.2) is 0 Å². The van der Waals surface area contributed by atoms with Crippen LogP contribution in [-0.4, -0.2) is 27.8 Å². The number of nitrogens with zero attached hydrogens (tertiary/aromatic N) is 3. The smallest absolute Gasteiger partial charge is 0.302 e. The summed E-state index contributed by atoms with van der Waals surface area (Å²) in [7, 11) is 1.70. The molecule has 8 heteroatoms. The number of hydrogen-bond donors (Lipinski definition) is 0. The molecule has 1 aromatic heterocycles. The highest BCUT2D eigenvalue weighted by Gasteiger charge is 2.35. The number of halogens is 2. The van der Waals surface area contributed by atoms with Crippen molar-refractivity contribution in [3.63, 3.8) is 0 Å². The van der Waals surface area contributed by atoms with E-state index < -0.39 is 5.66 Å². The van der Waals surface area contributed by atoms with Gasteiger partial charge in [0.25, 0.3) is 0 Å². The summed E-state index contributed by atoms with van der Waals surface area (Å²) >= 11 is 0. The maximum atomic E-state index is 15.2. The van der Waals surface area contributed by atoms with Crippen LogP contribution in [0.4, 0.5) is 8.78 Å². The van der Waals surface area contributed by atoms with Crippen LogP contribution < -0.4 is 0 Å². The molecule has 218 valence electrons. The predicted molar refractivity (Wildman–Crippen MR) is 164 cm³/mol. The maximum absolute atomic E-state index is 15.2. The Balaban J connectivity index is 1.81. The molecule has 0 saturated heterocycles. The van der Waals surface area contributed by atoms with Crippen LogP contribution in [0, 0.1) is 6.92 Å². The Labute approximate surface area is 244 Å². The van der Waals surface area contributed by atoms with E-state index in [4.69, 9.17) is 9.47 Å². The number of aromatic nitrogens is 2. The third kappa shape index (κ3) is 8.61. The van der Waals surface area contributed by atoms with Crippen molar-refractivity contribution in [3.05, 3.63) is 112 Å². The zero-order valence-corrected chi connectivity index (χ0v) is 25.5. The van der Waals surface area contributed by atoms with Crippen LogP contribution in [0.15, 0.2) is 89.9 Å². The highest BCUT2D eigenvalue weighted by Crippen LogP contribution is 2.39. The molecule has 1 aliphatic heterocycles. The molecule has 0 aliphatic carbocycles. The van der Waals surface area contributed by atoms with Crippen molar-refractivity contribution >= 4 is 9.24 Å². The number of alkyl halides is 2. The molecule has 2 aromatic carbocycles. The fourth-order valence-corrected chi connectivity index (χ4v) is 5.04. The fourth-order valence-electron chi connectivity index (χ4n) is 4.80. The molecule has 1 atom stereocenters. The molecule has 1 unspecified atom stereocenters. The third-order valence-corrected chi connectivity index (χ3v) is 7.23. The Hall–Kier alpha value is -3.28. The Morgan fingerprint density at radius 1 is 0.927 bits per heavy atom. The van der Waals surface area contributed by atoms with Crippen LogP contribution in [0.1, 0.15) is 56.1 Å². The normalized spacial score (nSPS) is 18.1. The van der Waals surface area contributed by atoms with Crippen molar-refractivity contribution in [2.24, 2.45) is 0 Å². The molecular formula is C33H40F2N3O2P. The summed E-state index contributed by atoms with van der Waals surface area (Å²) in [5.41, 5.74) is 1.24. The van der Waals surface area contributed by atoms with Gasteiger partial charge in [-0.15, -0.1) is 0 Å². The molecular weight excluding hydrogens is 539 g/mol. The molecule has 0 spiro atoms. The molecule has 0 N–H and O–H groups in total. The van der Waals surface area contributed by atoms with Crippen LogP contribution >= 0.6 is 9.24 Å². The van der Waals surface area contributed by atoms with E-state index in [1.165, 1.54) is 5.56 Å². The van der Waals surface area contributed by atoms with Gasteiger partial charge in [-0.25, -0.2) is 4.98 Å². The first-order valence-corrected chi connectivity index (χ1v) is 14.6. The van der Waals surface area contributed by atoms with Crippen molar-refractivity contribution < 1.29 is 18.3 Å². The van der Waals surface area contributed by atoms with Gasteiger partial charge in [-0.1, -0.05) is 88.8 Å². The van der Waals surface area contributed by atoms with E-state index in [0.717, 1.165) is 41.1 Å². The molecule has 3 aromatic rings. The maximum Gasteiger partial charge on any atom is 0.302 e. The number of allylic oxidation sites excluding steroid dienone is 4. The van der Waals surface area contributed by atoms with E-state index in [1.54, 1.807) is 9.24 Å². The van der Waals surface area contributed by atoms with Gasteiger partial charge < -0.3 is 14.0 Å². The molecule has 1 aliphatic rings. The first kappa shape index (κ1) is 30.7. The van der Waals surface area contributed by atoms with E-state index in [1.807, 2.05) is 67.0 Å². The van der Waals surface area contributed by atoms with Gasteiger partial charge in [0.1, 0.15) is 11.5 Å². The van der Waals surface area contributed by atoms with Gasteiger partial charge in [-0.05, 0) is 50.5 Å². The highest BCUT2D eigenvalue weighted by atomic mass is 31.0. The SMILES string of the molecule is CCCCn1c(-c2ccccc2)nc(C(F)(F)P)c1CN(CC1=C/C=C(\C)OCO\C(C)=C\1)Cc1ccc(C)cc1. The number of rotatable bonds is 11. The summed E-state index contributed by atoms with van der Waals surface area (Å²) in [4.78, 5) is 6.77. The number of hydrogen-bond acceptors (Lipinski definition) is 4. The zero-order valence-electron chi connectivity index (χ0n) is 24.4. The molecule has 0 saturated carbocycles. The lowest BCUT2D eigenvalue weighted by atomic mass is 10.1. The summed E-state index contributed by atoms with van der Waals surface area (Å²) < 4.78 is 43.6. The van der Waals surface area contributed by atoms with Gasteiger partial charge in [-0.2, -0.15) is 8.78 Å². The molecule has 0 bridgehead atoms. The molecule has 0 fully saturated rings. The summed E-state index contributed by atoms with van der Waals surface area (Å²) in [5.74, 6) is 2.04. The second-order valence-electron chi connectivity index (χ2n) is 10.5. The van der Waals surface area contributed by atoms with Gasteiger partial charge in [0, 0.05) is 31.7 Å². The lowest BCUT2D eigenvalue weighted by Crippen LogP contribution is -2.28. The van der Waals surface area contributed by atoms with Crippen molar-refractivity contribution in [3.8, 4) is 11.4 Å². The number of imidazole rings is 1. The molecule has 0 amide bonds. The van der Waals surface area contributed by atoms with Crippen LogP contribution in [0.2, 0.25) is 0 Å². The van der Waals surface area contributed by atoms with Crippen LogP contribution in [0.25, 0.3) is 11.4 Å². The second-order valence-corrected chi connectivity index (χ2v) is 11.3. The Kier molecular flexibility index (Phi) is 10.5. The zero-order chi connectivity index (χ0) is 29.4. The van der Waals surface area contributed by atoms with Crippen LogP contribution in [-0.2, 0) is 34.8 Å². The second kappa shape index (κ2) is 14.1. The molecule has 5 nitrogen and oxygen atoms in total. The average Bonchev–Trinajstić information content (AvgIpc) is 3.33. The van der Waals surface area contributed by atoms with E-state index in [-0.39, 0.29) is 12.5 Å². The summed E-state index contributed by atoms with van der Waals surface area (Å²) in [6.45, 7) is 10.1. The lowest BCUT2D eigenvalue weighted by Gasteiger charge is -2.25. The van der Waals surface area contributed by atoms with Crippen molar-refractivity contribution in [2.45, 2.75) is 65.8 Å². The average molecular weight is 580 g/mol. The number of ether oxygens (including phenoxy) is 2. The van der Waals surface area contributed by atoms with Gasteiger partial charge in [0.2, 0.25) is 6.79 Å². The number of unbranched alkanes of at least 4 members (excludes halogenated alkanes) is 1. The largest absolute Gasteiger partial charge is 0.462 e. The quantitative estimate of drug-likeness (QED) is 0.214. The Morgan fingerprint density at radius 3 is 2.32 bits per heavy atom. The van der Waals surface area contributed by atoms with Crippen molar-refractivity contribution in [1.29, 1.82) is 0 Å². The minimum Gasteiger partial charge on any atom is -0.462 e. The predicted octanol–water partition coefficient (Wildman–Crippen LogP) is 8.32. The Morgan fingerprint density at radius 2 is 1.63 bits per heavy atom. The summed E-state index contributed by atoms with van der Waals surface area (Å²) in [6.07, 6.45) is 7.70. The third-order valence-electron chi connectivity index (χ3n) is 6.96. The first-order valence-electron chi connectivity index (χ1n) is 14.0. The standard InChI is InChI=1S/C33H40F2N3O2P/c1-5-6-18-38-30(31(33(34,35)41)36-32(38)29-10-8-7-9-11-29)22-37(20-27-15-12-24(2)13-16-27)21-28-17-14-25(3)39-23-40-26(4)19-28/h7-17,19H,5-6,18,20-23,41H2,1-4H3/b25-14+,26-19+,28-17+. The molecule has 4 rings (SSSR count). The fraction of sp³-hybridized carbons (Fsp3) is 0.364. The van der Waals surface area contributed by atoms with Gasteiger partial charge >= 0.3 is 5.66 Å². The number of benzene rings is 2. The van der Waals surface area contributed by atoms with Gasteiger partial charge in [0.05, 0.1) is 17.2 Å². The summed E-state index contributed by atoms with van der Waals surface area (Å²) in [6, 6.07) is 17.9. The monoisotopic (exact) mass is 579 g/mol. The van der Waals surface area contributed by atoms with Crippen LogP contribution in [0.5, 0.6) is 0 Å². The van der Waals surface area contributed by atoms with E-state index in [2.05, 4.69) is 48.0 Å². The topological polar surface area (TPSA) is 39.5 Å². The van der Waals surface area contributed by atoms with E-state index >= 15 is 8.78 Å². The Bertz CT molecular complexity index is 1390. The first-order chi connectivity index (χ1) is 19.6. The van der Waals surface area contributed by atoms with Crippen molar-refractivity contribution in [1.82, 2.24) is 14.5 Å². The lowest BCUT2D eigenvalue weighted by molar-refractivity contribution is 0.0157. The van der Waals surface area contributed by atoms with Crippen molar-refractivity contribution in [2.75, 3.05) is 13.3 Å². The minimum atomic E-state index is -3.18. The highest BCUT2D eigenvalue weighted by molar-refractivity contribution is 7.17. The van der Waals surface area contributed by atoms with E-state index in [0.29, 0.717) is 37.7 Å². The summed E-state index contributed by atoms with van der Waals surface area (Å²) in [5, 5.41) is 0. The van der Waals surface area contributed by atoms with E-state index in [9.17, 15) is 0 Å². The molecule has 2 heterocycles. The molecule has 41 heavy (non-hydrogen) atoms. The van der Waals surface area contributed by atoms with Crippen LogP contribution in [0.3, 0.4) is 0 Å². The minimum absolute atomic E-state index is 0.143. The number of aryl methyl sites for hydroxylation is 1. The molecule has 0 radical (unpaired) electrons. The van der Waals surface area contributed by atoms with Gasteiger partial charge in [-0.3, -0.25) is 4.90 Å².